The van der Waals surface area contributed by atoms with E-state index in [-0.39, 0.29) is 28.6 Å². The Morgan fingerprint density at radius 1 is 1.35 bits per heavy atom. The quantitative estimate of drug-likeness (QED) is 0.655. The maximum Gasteiger partial charge on any atom is 0.0811 e. The summed E-state index contributed by atoms with van der Waals surface area (Å²) in [4.78, 5) is 0. The molecule has 2 aliphatic heterocycles. The molecule has 1 saturated carbocycles. The lowest BCUT2D eigenvalue weighted by Gasteiger charge is -2.58. The van der Waals surface area contributed by atoms with E-state index in [0.29, 0.717) is 0 Å². The van der Waals surface area contributed by atoms with Gasteiger partial charge in [-0.2, -0.15) is 0 Å². The van der Waals surface area contributed by atoms with Crippen LogP contribution in [0.25, 0.3) is 0 Å². The van der Waals surface area contributed by atoms with Gasteiger partial charge in [0.05, 0.1) is 17.8 Å². The molecule has 0 unspecified atom stereocenters. The van der Waals surface area contributed by atoms with Crippen LogP contribution >= 0.6 is 0 Å². The van der Waals surface area contributed by atoms with Crippen molar-refractivity contribution in [3.8, 4) is 0 Å². The van der Waals surface area contributed by atoms with E-state index in [9.17, 15) is 5.11 Å². The third-order valence-electron chi connectivity index (χ3n) is 5.55. The number of ether oxygens (including phenoxy) is 1. The third kappa shape index (κ3) is 1.40. The van der Waals surface area contributed by atoms with Crippen molar-refractivity contribution < 1.29 is 9.84 Å². The zero-order valence-electron chi connectivity index (χ0n) is 11.3. The van der Waals surface area contributed by atoms with E-state index in [1.165, 1.54) is 5.57 Å². The molecule has 1 N–H and O–H groups in total. The zero-order chi connectivity index (χ0) is 12.5. The summed E-state index contributed by atoms with van der Waals surface area (Å²) in [6, 6.07) is 0. The molecule has 4 atom stereocenters. The van der Waals surface area contributed by atoms with Crippen LogP contribution < -0.4 is 0 Å². The molecule has 2 heteroatoms. The zero-order valence-corrected chi connectivity index (χ0v) is 11.3. The molecule has 17 heavy (non-hydrogen) atoms. The molecule has 1 aliphatic carbocycles. The van der Waals surface area contributed by atoms with E-state index in [4.69, 9.17) is 4.74 Å². The fraction of sp³-hybridized carbons (Fsp3) is 0.867. The molecule has 3 fully saturated rings. The Kier molecular flexibility index (Phi) is 2.18. The van der Waals surface area contributed by atoms with Crippen LogP contribution in [0, 0.1) is 10.8 Å². The van der Waals surface area contributed by atoms with Crippen molar-refractivity contribution >= 4 is 0 Å². The second-order valence-electron chi connectivity index (χ2n) is 7.45. The summed E-state index contributed by atoms with van der Waals surface area (Å²) in [5, 5.41) is 10.6. The van der Waals surface area contributed by atoms with Gasteiger partial charge in [-0.3, -0.25) is 0 Å². The molecule has 1 spiro atoms. The molecule has 0 aromatic rings. The van der Waals surface area contributed by atoms with Crippen LogP contribution in [0.2, 0.25) is 0 Å². The molecule has 0 aromatic heterocycles. The second-order valence-corrected chi connectivity index (χ2v) is 7.45. The van der Waals surface area contributed by atoms with Gasteiger partial charge in [-0.15, -0.1) is 0 Å². The van der Waals surface area contributed by atoms with Crippen LogP contribution in [0.15, 0.2) is 12.2 Å². The van der Waals surface area contributed by atoms with Crippen molar-refractivity contribution in [2.24, 2.45) is 10.8 Å². The number of hydrogen-bond donors (Lipinski definition) is 1. The standard InChI is InChI=1S/C15H24O2/c1-10-7-15-9-13(2,3)8-12(16)14(15,4)6-5-11(10)17-15/h11-12,16H,1,5-9H2,2-4H3/t11-,12+,14+,15+/m1/s1. The first-order chi connectivity index (χ1) is 7.78. The lowest BCUT2D eigenvalue weighted by molar-refractivity contribution is -0.238. The predicted molar refractivity (Wildman–Crippen MR) is 67.7 cm³/mol. The molecule has 2 nitrogen and oxygen atoms in total. The highest BCUT2D eigenvalue weighted by molar-refractivity contribution is 5.25. The smallest absolute Gasteiger partial charge is 0.0811 e. The predicted octanol–water partition coefficient (Wildman–Crippen LogP) is 3.05. The first-order valence-electron chi connectivity index (χ1n) is 6.82. The van der Waals surface area contributed by atoms with E-state index in [2.05, 4.69) is 27.4 Å². The fourth-order valence-electron chi connectivity index (χ4n) is 4.51. The Morgan fingerprint density at radius 3 is 2.76 bits per heavy atom. The Labute approximate surface area is 104 Å². The Balaban J connectivity index is 2.05. The minimum atomic E-state index is -0.238. The van der Waals surface area contributed by atoms with Crippen LogP contribution in [0.4, 0.5) is 0 Å². The van der Waals surface area contributed by atoms with Crippen LogP contribution in [0.5, 0.6) is 0 Å². The van der Waals surface area contributed by atoms with Crippen molar-refractivity contribution in [3.05, 3.63) is 12.2 Å². The average molecular weight is 236 g/mol. The summed E-state index contributed by atoms with van der Waals surface area (Å²) in [5.74, 6) is 0. The molecular weight excluding hydrogens is 212 g/mol. The SMILES string of the molecule is C=C1C[C@]23CC(C)(C)C[C@H](O)[C@]2(C)CC[C@H]1O3. The molecule has 96 valence electrons. The maximum atomic E-state index is 10.6. The number of rotatable bonds is 0. The van der Waals surface area contributed by atoms with Gasteiger partial charge in [0.25, 0.3) is 0 Å². The Bertz CT molecular complexity index is 373. The van der Waals surface area contributed by atoms with Crippen LogP contribution in [-0.4, -0.2) is 22.9 Å². The highest BCUT2D eigenvalue weighted by Crippen LogP contribution is 2.63. The normalized spacial score (nSPS) is 52.4. The summed E-state index contributed by atoms with van der Waals surface area (Å²) in [7, 11) is 0. The maximum absolute atomic E-state index is 10.6. The van der Waals surface area contributed by atoms with E-state index < -0.39 is 0 Å². The van der Waals surface area contributed by atoms with Gasteiger partial charge in [-0.05, 0) is 36.7 Å². The number of aliphatic hydroxyl groups excluding tert-OH is 1. The molecule has 3 rings (SSSR count). The summed E-state index contributed by atoms with van der Waals surface area (Å²) < 4.78 is 6.35. The summed E-state index contributed by atoms with van der Waals surface area (Å²) in [5.41, 5.74) is 1.21. The van der Waals surface area contributed by atoms with Gasteiger partial charge in [-0.25, -0.2) is 0 Å². The van der Waals surface area contributed by atoms with Crippen molar-refractivity contribution in [2.45, 2.75) is 70.7 Å². The molecule has 2 bridgehead atoms. The molecular formula is C15H24O2. The molecule has 0 amide bonds. The lowest BCUT2D eigenvalue weighted by atomic mass is 9.53. The van der Waals surface area contributed by atoms with Gasteiger partial charge in [0.15, 0.2) is 0 Å². The van der Waals surface area contributed by atoms with Crippen LogP contribution in [-0.2, 0) is 4.74 Å². The Hall–Kier alpha value is -0.340. The van der Waals surface area contributed by atoms with E-state index in [1.807, 2.05) is 0 Å². The number of aliphatic hydroxyl groups is 1. The molecule has 2 heterocycles. The van der Waals surface area contributed by atoms with Crippen LogP contribution in [0.3, 0.4) is 0 Å². The highest BCUT2D eigenvalue weighted by atomic mass is 16.5. The third-order valence-corrected chi connectivity index (χ3v) is 5.55. The van der Waals surface area contributed by atoms with E-state index >= 15 is 0 Å². The van der Waals surface area contributed by atoms with E-state index in [0.717, 1.165) is 32.1 Å². The monoisotopic (exact) mass is 236 g/mol. The van der Waals surface area contributed by atoms with Crippen molar-refractivity contribution in [1.82, 2.24) is 0 Å². The minimum Gasteiger partial charge on any atom is -0.392 e. The average Bonchev–Trinajstić information content (AvgIpc) is 2.44. The van der Waals surface area contributed by atoms with Crippen LogP contribution in [0.1, 0.15) is 52.9 Å². The highest BCUT2D eigenvalue weighted by Gasteiger charge is 2.64. The first kappa shape index (κ1) is 11.7. The van der Waals surface area contributed by atoms with Gasteiger partial charge in [0.1, 0.15) is 0 Å². The topological polar surface area (TPSA) is 29.5 Å². The van der Waals surface area contributed by atoms with Gasteiger partial charge >= 0.3 is 0 Å². The van der Waals surface area contributed by atoms with Gasteiger partial charge < -0.3 is 9.84 Å². The van der Waals surface area contributed by atoms with Crippen molar-refractivity contribution in [1.29, 1.82) is 0 Å². The first-order valence-corrected chi connectivity index (χ1v) is 6.82. The summed E-state index contributed by atoms with van der Waals surface area (Å²) in [6.07, 6.45) is 5.04. The van der Waals surface area contributed by atoms with E-state index in [1.54, 1.807) is 0 Å². The minimum absolute atomic E-state index is 0.0710. The summed E-state index contributed by atoms with van der Waals surface area (Å²) in [6.45, 7) is 10.9. The molecule has 3 aliphatic rings. The molecule has 2 saturated heterocycles. The van der Waals surface area contributed by atoms with Gasteiger partial charge in [-0.1, -0.05) is 27.4 Å². The summed E-state index contributed by atoms with van der Waals surface area (Å²) >= 11 is 0. The molecule has 0 aromatic carbocycles. The number of hydrogen-bond acceptors (Lipinski definition) is 2. The second kappa shape index (κ2) is 3.16. The largest absolute Gasteiger partial charge is 0.392 e. The fourth-order valence-corrected chi connectivity index (χ4v) is 4.51. The number of fused-ring (bicyclic) bond motifs is 1. The van der Waals surface area contributed by atoms with Crippen molar-refractivity contribution in [3.63, 3.8) is 0 Å². The van der Waals surface area contributed by atoms with Gasteiger partial charge in [0, 0.05) is 11.8 Å². The van der Waals surface area contributed by atoms with Crippen molar-refractivity contribution in [2.75, 3.05) is 0 Å². The lowest BCUT2D eigenvalue weighted by Crippen LogP contribution is -2.61. The Morgan fingerprint density at radius 2 is 2.06 bits per heavy atom. The molecule has 0 radical (unpaired) electrons. The van der Waals surface area contributed by atoms with Gasteiger partial charge in [0.2, 0.25) is 0 Å².